The molecule has 0 spiro atoms. The molecule has 1 amide bonds. The van der Waals surface area contributed by atoms with Crippen molar-refractivity contribution in [2.75, 3.05) is 6.54 Å². The average molecular weight is 355 g/mol. The van der Waals surface area contributed by atoms with Gasteiger partial charge in [-0.05, 0) is 37.5 Å². The van der Waals surface area contributed by atoms with Crippen LogP contribution in [0.5, 0.6) is 0 Å². The zero-order valence-corrected chi connectivity index (χ0v) is 13.6. The Labute approximate surface area is 141 Å². The third-order valence-electron chi connectivity index (χ3n) is 4.63. The molecule has 0 radical (unpaired) electrons. The number of hydrogen-bond acceptors (Lipinski definition) is 3. The Morgan fingerprint density at radius 1 is 1.50 bits per heavy atom. The zero-order chi connectivity index (χ0) is 17.5. The van der Waals surface area contributed by atoms with Crippen molar-refractivity contribution in [2.45, 2.75) is 31.2 Å². The van der Waals surface area contributed by atoms with Gasteiger partial charge in [-0.15, -0.1) is 0 Å². The fourth-order valence-corrected chi connectivity index (χ4v) is 3.82. The van der Waals surface area contributed by atoms with Gasteiger partial charge in [-0.1, -0.05) is 17.7 Å². The number of hydrogen-bond donors (Lipinski definition) is 2. The number of aromatic nitrogens is 1. The SMILES string of the molecule is C[C@]1(c2ccc(F)cc2Cl)C[C@@H](c2cc(=O)[nH]o2)CCN1C(=O)O. The van der Waals surface area contributed by atoms with Crippen LogP contribution in [0.4, 0.5) is 9.18 Å². The average Bonchev–Trinajstić information content (AvgIpc) is 2.93. The van der Waals surface area contributed by atoms with Crippen molar-refractivity contribution in [1.82, 2.24) is 10.1 Å². The van der Waals surface area contributed by atoms with Crippen LogP contribution in [0, 0.1) is 5.82 Å². The van der Waals surface area contributed by atoms with Crippen LogP contribution in [0.1, 0.15) is 37.0 Å². The van der Waals surface area contributed by atoms with E-state index in [9.17, 15) is 19.1 Å². The predicted molar refractivity (Wildman–Crippen MR) is 84.8 cm³/mol. The van der Waals surface area contributed by atoms with Gasteiger partial charge in [0.15, 0.2) is 0 Å². The highest BCUT2D eigenvalue weighted by Crippen LogP contribution is 2.45. The van der Waals surface area contributed by atoms with Gasteiger partial charge < -0.3 is 9.63 Å². The molecule has 128 valence electrons. The van der Waals surface area contributed by atoms with E-state index in [0.717, 1.165) is 0 Å². The molecule has 8 heteroatoms. The van der Waals surface area contributed by atoms with Crippen molar-refractivity contribution in [3.8, 4) is 0 Å². The van der Waals surface area contributed by atoms with Crippen LogP contribution in [-0.2, 0) is 5.54 Å². The highest BCUT2D eigenvalue weighted by atomic mass is 35.5. The van der Waals surface area contributed by atoms with E-state index in [1.54, 1.807) is 6.92 Å². The molecule has 1 aromatic carbocycles. The van der Waals surface area contributed by atoms with Crippen LogP contribution >= 0.6 is 11.6 Å². The van der Waals surface area contributed by atoms with Crippen LogP contribution < -0.4 is 5.56 Å². The van der Waals surface area contributed by atoms with Crippen LogP contribution in [-0.4, -0.2) is 27.8 Å². The van der Waals surface area contributed by atoms with E-state index in [1.165, 1.54) is 29.2 Å². The Bertz CT molecular complexity index is 833. The second-order valence-electron chi connectivity index (χ2n) is 6.14. The van der Waals surface area contributed by atoms with Gasteiger partial charge in [0.25, 0.3) is 5.56 Å². The van der Waals surface area contributed by atoms with Gasteiger partial charge in [-0.25, -0.2) is 9.18 Å². The molecule has 1 fully saturated rings. The topological polar surface area (TPSA) is 86.5 Å². The monoisotopic (exact) mass is 354 g/mol. The summed E-state index contributed by atoms with van der Waals surface area (Å²) in [5.74, 6) is -0.154. The first kappa shape index (κ1) is 16.6. The van der Waals surface area contributed by atoms with Crippen molar-refractivity contribution < 1.29 is 18.8 Å². The van der Waals surface area contributed by atoms with Gasteiger partial charge in [0.2, 0.25) is 0 Å². The maximum Gasteiger partial charge on any atom is 0.408 e. The summed E-state index contributed by atoms with van der Waals surface area (Å²) >= 11 is 6.18. The second-order valence-corrected chi connectivity index (χ2v) is 6.54. The van der Waals surface area contributed by atoms with Gasteiger partial charge in [0, 0.05) is 23.6 Å². The molecule has 0 saturated carbocycles. The molecule has 0 aliphatic carbocycles. The summed E-state index contributed by atoms with van der Waals surface area (Å²) in [6.07, 6.45) is -0.195. The van der Waals surface area contributed by atoms with Crippen molar-refractivity contribution >= 4 is 17.7 Å². The Hall–Kier alpha value is -2.28. The Kier molecular flexibility index (Phi) is 4.13. The predicted octanol–water partition coefficient (Wildman–Crippen LogP) is 3.53. The molecule has 0 unspecified atom stereocenters. The second kappa shape index (κ2) is 5.98. The summed E-state index contributed by atoms with van der Waals surface area (Å²) in [5, 5.41) is 12.0. The molecule has 6 nitrogen and oxygen atoms in total. The number of aromatic amines is 1. The van der Waals surface area contributed by atoms with E-state index in [4.69, 9.17) is 16.1 Å². The van der Waals surface area contributed by atoms with Crippen LogP contribution in [0.25, 0.3) is 0 Å². The fraction of sp³-hybridized carbons (Fsp3) is 0.375. The quantitative estimate of drug-likeness (QED) is 0.863. The molecule has 2 aromatic rings. The molecule has 1 aliphatic heterocycles. The van der Waals surface area contributed by atoms with Crippen molar-refractivity contribution in [3.63, 3.8) is 0 Å². The number of likely N-dealkylation sites (tertiary alicyclic amines) is 1. The highest BCUT2D eigenvalue weighted by Gasteiger charge is 2.45. The molecule has 2 atom stereocenters. The van der Waals surface area contributed by atoms with Gasteiger partial charge >= 0.3 is 6.09 Å². The lowest BCUT2D eigenvalue weighted by molar-refractivity contribution is 0.0441. The third kappa shape index (κ3) is 2.80. The van der Waals surface area contributed by atoms with Crippen molar-refractivity contribution in [2.24, 2.45) is 0 Å². The highest BCUT2D eigenvalue weighted by molar-refractivity contribution is 6.31. The molecular formula is C16H16ClFN2O4. The van der Waals surface area contributed by atoms with E-state index >= 15 is 0 Å². The number of carboxylic acid groups (broad SMARTS) is 1. The molecule has 2 heterocycles. The van der Waals surface area contributed by atoms with Crippen molar-refractivity contribution in [1.29, 1.82) is 0 Å². The number of rotatable bonds is 2. The molecule has 2 N–H and O–H groups in total. The standard InChI is InChI=1S/C16H16ClFN2O4/c1-16(11-3-2-10(18)6-12(11)17)8-9(4-5-20(16)15(22)23)13-7-14(21)19-24-13/h2-3,6-7,9H,4-5,8H2,1H3,(H,19,21)(H,22,23)/t9-,16+/m0/s1. The van der Waals surface area contributed by atoms with Gasteiger partial charge in [-0.3, -0.25) is 9.69 Å². The van der Waals surface area contributed by atoms with Crippen molar-refractivity contribution in [3.05, 3.63) is 56.8 Å². The lowest BCUT2D eigenvalue weighted by Gasteiger charge is -2.46. The Morgan fingerprint density at radius 3 is 2.83 bits per heavy atom. The summed E-state index contributed by atoms with van der Waals surface area (Å²) in [6, 6.07) is 5.30. The number of nitrogens with one attached hydrogen (secondary N) is 1. The number of amides is 1. The molecule has 1 aliphatic rings. The van der Waals surface area contributed by atoms with Gasteiger partial charge in [0.05, 0.1) is 5.54 Å². The van der Waals surface area contributed by atoms with Crippen LogP contribution in [0.2, 0.25) is 5.02 Å². The minimum Gasteiger partial charge on any atom is -0.465 e. The number of halogens is 2. The van der Waals surface area contributed by atoms with E-state index in [-0.39, 0.29) is 23.0 Å². The summed E-state index contributed by atoms with van der Waals surface area (Å²) in [5.41, 5.74) is -0.780. The maximum absolute atomic E-state index is 13.4. The first-order valence-electron chi connectivity index (χ1n) is 7.46. The number of benzene rings is 1. The fourth-order valence-electron chi connectivity index (χ4n) is 3.45. The lowest BCUT2D eigenvalue weighted by Crippen LogP contribution is -2.51. The summed E-state index contributed by atoms with van der Waals surface area (Å²) in [6.45, 7) is 2.00. The maximum atomic E-state index is 13.4. The molecular weight excluding hydrogens is 339 g/mol. The smallest absolute Gasteiger partial charge is 0.408 e. The largest absolute Gasteiger partial charge is 0.465 e. The Balaban J connectivity index is 2.04. The summed E-state index contributed by atoms with van der Waals surface area (Å²) < 4.78 is 18.6. The van der Waals surface area contributed by atoms with E-state index < -0.39 is 17.4 Å². The normalized spacial score (nSPS) is 24.1. The lowest BCUT2D eigenvalue weighted by atomic mass is 9.76. The molecule has 24 heavy (non-hydrogen) atoms. The molecule has 3 rings (SSSR count). The third-order valence-corrected chi connectivity index (χ3v) is 4.94. The van der Waals surface area contributed by atoms with E-state index in [0.29, 0.717) is 24.2 Å². The van der Waals surface area contributed by atoms with Gasteiger partial charge in [-0.2, -0.15) is 5.16 Å². The minimum atomic E-state index is -1.08. The number of nitrogens with zero attached hydrogens (tertiary/aromatic N) is 1. The van der Waals surface area contributed by atoms with E-state index in [2.05, 4.69) is 5.16 Å². The molecule has 0 bridgehead atoms. The van der Waals surface area contributed by atoms with Crippen LogP contribution in [0.15, 0.2) is 33.6 Å². The number of carbonyl (C=O) groups is 1. The van der Waals surface area contributed by atoms with E-state index in [1.807, 2.05) is 0 Å². The van der Waals surface area contributed by atoms with Crippen LogP contribution in [0.3, 0.4) is 0 Å². The summed E-state index contributed by atoms with van der Waals surface area (Å²) in [7, 11) is 0. The summed E-state index contributed by atoms with van der Waals surface area (Å²) in [4.78, 5) is 24.3. The minimum absolute atomic E-state index is 0.148. The van der Waals surface area contributed by atoms with Gasteiger partial charge in [0.1, 0.15) is 11.6 Å². The number of H-pyrrole nitrogens is 1. The zero-order valence-electron chi connectivity index (χ0n) is 12.9. The molecule has 1 saturated heterocycles. The first-order chi connectivity index (χ1) is 11.3. The number of piperidine rings is 1. The molecule has 1 aromatic heterocycles. The first-order valence-corrected chi connectivity index (χ1v) is 7.83. The Morgan fingerprint density at radius 2 is 2.25 bits per heavy atom.